The quantitative estimate of drug-likeness (QED) is 0.366. The molecule has 1 aliphatic rings. The van der Waals surface area contributed by atoms with Crippen molar-refractivity contribution in [3.8, 4) is 11.8 Å². The highest BCUT2D eigenvalue weighted by Gasteiger charge is 2.47. The van der Waals surface area contributed by atoms with Crippen LogP contribution in [0.3, 0.4) is 0 Å². The molecule has 0 bridgehead atoms. The number of rotatable bonds is 3. The third kappa shape index (κ3) is 3.50. The summed E-state index contributed by atoms with van der Waals surface area (Å²) in [4.78, 5) is 27.6. The number of phenols is 1. The van der Waals surface area contributed by atoms with Gasteiger partial charge in [0, 0.05) is 11.3 Å². The normalized spacial score (nSPS) is 17.4. The fourth-order valence-corrected chi connectivity index (χ4v) is 3.90. The predicted octanol–water partition coefficient (Wildman–Crippen LogP) is 4.51. The smallest absolute Gasteiger partial charge is 0.300 e. The molecule has 0 spiro atoms. The standard InChI is InChI=1S/C26H20N2O4/c1-15-3-4-16(2)21(13-15)24(30)22-23(18-7-11-20(29)12-8-18)28(26(32)25(22)31)19-9-5-17(14-27)6-10-19/h3-13,23,29-30H,1-2H3/b24-22+. The first-order chi connectivity index (χ1) is 15.3. The van der Waals surface area contributed by atoms with Gasteiger partial charge in [0.2, 0.25) is 0 Å². The van der Waals surface area contributed by atoms with Crippen molar-refractivity contribution in [2.24, 2.45) is 0 Å². The van der Waals surface area contributed by atoms with Crippen LogP contribution in [0.4, 0.5) is 5.69 Å². The number of nitrogens with zero attached hydrogens (tertiary/aromatic N) is 2. The van der Waals surface area contributed by atoms with Gasteiger partial charge < -0.3 is 10.2 Å². The number of benzene rings is 3. The number of aliphatic hydroxyl groups excluding tert-OH is 1. The van der Waals surface area contributed by atoms with Gasteiger partial charge in [-0.3, -0.25) is 14.5 Å². The molecule has 3 aromatic carbocycles. The van der Waals surface area contributed by atoms with Crippen LogP contribution in [-0.2, 0) is 9.59 Å². The summed E-state index contributed by atoms with van der Waals surface area (Å²) in [6.45, 7) is 3.70. The molecule has 1 fully saturated rings. The van der Waals surface area contributed by atoms with Crippen molar-refractivity contribution in [2.45, 2.75) is 19.9 Å². The Bertz CT molecular complexity index is 1300. The molecule has 0 aliphatic carbocycles. The van der Waals surface area contributed by atoms with Crippen molar-refractivity contribution in [2.75, 3.05) is 4.90 Å². The minimum atomic E-state index is -0.900. The number of hydrogen-bond donors (Lipinski definition) is 2. The van der Waals surface area contributed by atoms with Gasteiger partial charge in [-0.15, -0.1) is 0 Å². The van der Waals surface area contributed by atoms with Crippen LogP contribution in [0.15, 0.2) is 72.3 Å². The molecule has 3 aromatic rings. The zero-order valence-corrected chi connectivity index (χ0v) is 17.5. The van der Waals surface area contributed by atoms with Crippen LogP contribution in [-0.4, -0.2) is 21.9 Å². The summed E-state index contributed by atoms with van der Waals surface area (Å²) in [5.74, 6) is -1.79. The summed E-state index contributed by atoms with van der Waals surface area (Å²) in [6, 6.07) is 19.1. The minimum absolute atomic E-state index is 0.0289. The summed E-state index contributed by atoms with van der Waals surface area (Å²) in [7, 11) is 0. The van der Waals surface area contributed by atoms with Crippen LogP contribution in [0.25, 0.3) is 5.76 Å². The van der Waals surface area contributed by atoms with Crippen LogP contribution < -0.4 is 4.90 Å². The zero-order chi connectivity index (χ0) is 23.0. The lowest BCUT2D eigenvalue weighted by atomic mass is 9.93. The molecule has 1 atom stereocenters. The lowest BCUT2D eigenvalue weighted by molar-refractivity contribution is -0.132. The first kappa shape index (κ1) is 20.9. The number of aryl methyl sites for hydroxylation is 2. The predicted molar refractivity (Wildman–Crippen MR) is 120 cm³/mol. The number of nitriles is 1. The third-order valence-electron chi connectivity index (χ3n) is 5.58. The molecule has 1 saturated heterocycles. The van der Waals surface area contributed by atoms with Crippen LogP contribution in [0.1, 0.15) is 33.9 Å². The Morgan fingerprint density at radius 1 is 0.969 bits per heavy atom. The van der Waals surface area contributed by atoms with Gasteiger partial charge in [0.05, 0.1) is 23.2 Å². The Hall–Kier alpha value is -4.37. The van der Waals surface area contributed by atoms with Gasteiger partial charge >= 0.3 is 0 Å². The van der Waals surface area contributed by atoms with Crippen molar-refractivity contribution in [3.05, 3.63) is 100 Å². The largest absolute Gasteiger partial charge is 0.508 e. The summed E-state index contributed by atoms with van der Waals surface area (Å²) in [5.41, 5.74) is 3.51. The molecule has 1 aliphatic heterocycles. The van der Waals surface area contributed by atoms with Crippen molar-refractivity contribution in [3.63, 3.8) is 0 Å². The van der Waals surface area contributed by atoms with E-state index in [0.717, 1.165) is 11.1 Å². The molecule has 1 amide bonds. The second-order valence-electron chi connectivity index (χ2n) is 7.74. The van der Waals surface area contributed by atoms with E-state index in [9.17, 15) is 19.8 Å². The average molecular weight is 424 g/mol. The third-order valence-corrected chi connectivity index (χ3v) is 5.58. The fraction of sp³-hybridized carbons (Fsp3) is 0.115. The Morgan fingerprint density at radius 3 is 2.25 bits per heavy atom. The highest BCUT2D eigenvalue weighted by atomic mass is 16.3. The van der Waals surface area contributed by atoms with E-state index in [0.29, 0.717) is 22.4 Å². The van der Waals surface area contributed by atoms with Crippen molar-refractivity contribution >= 4 is 23.1 Å². The Kier molecular flexibility index (Phi) is 5.25. The van der Waals surface area contributed by atoms with Gasteiger partial charge in [-0.25, -0.2) is 0 Å². The number of carbonyl (C=O) groups excluding carboxylic acids is 2. The Morgan fingerprint density at radius 2 is 1.62 bits per heavy atom. The minimum Gasteiger partial charge on any atom is -0.508 e. The monoisotopic (exact) mass is 424 g/mol. The van der Waals surface area contributed by atoms with Crippen LogP contribution in [0.5, 0.6) is 5.75 Å². The van der Waals surface area contributed by atoms with E-state index in [1.54, 1.807) is 42.5 Å². The van der Waals surface area contributed by atoms with Crippen molar-refractivity contribution in [1.82, 2.24) is 0 Å². The summed E-state index contributed by atoms with van der Waals surface area (Å²) < 4.78 is 0. The molecule has 4 rings (SSSR count). The van der Waals surface area contributed by atoms with Gasteiger partial charge in [-0.2, -0.15) is 5.26 Å². The lowest BCUT2D eigenvalue weighted by Crippen LogP contribution is -2.29. The summed E-state index contributed by atoms with van der Waals surface area (Å²) >= 11 is 0. The van der Waals surface area contributed by atoms with Crippen molar-refractivity contribution in [1.29, 1.82) is 5.26 Å². The molecule has 0 saturated carbocycles. The number of phenolic OH excluding ortho intramolecular Hbond substituents is 1. The second-order valence-corrected chi connectivity index (χ2v) is 7.74. The number of carbonyl (C=O) groups is 2. The number of hydrogen-bond acceptors (Lipinski definition) is 5. The maximum absolute atomic E-state index is 13.2. The van der Waals surface area contributed by atoms with Gasteiger partial charge in [-0.05, 0) is 67.4 Å². The molecule has 1 heterocycles. The first-order valence-corrected chi connectivity index (χ1v) is 9.99. The Labute approximate surface area is 185 Å². The number of Topliss-reactive ketones (excluding diaryl/α,β-unsaturated/α-hetero) is 1. The van der Waals surface area contributed by atoms with E-state index in [4.69, 9.17) is 5.26 Å². The molecular weight excluding hydrogens is 404 g/mol. The average Bonchev–Trinajstić information content (AvgIpc) is 3.06. The van der Waals surface area contributed by atoms with E-state index < -0.39 is 17.7 Å². The van der Waals surface area contributed by atoms with E-state index >= 15 is 0 Å². The van der Waals surface area contributed by atoms with Crippen LogP contribution >= 0.6 is 0 Å². The molecule has 0 radical (unpaired) electrons. The van der Waals surface area contributed by atoms with Gasteiger partial charge in [0.25, 0.3) is 11.7 Å². The molecule has 1 unspecified atom stereocenters. The van der Waals surface area contributed by atoms with E-state index in [1.807, 2.05) is 32.0 Å². The molecule has 158 valence electrons. The fourth-order valence-electron chi connectivity index (χ4n) is 3.90. The SMILES string of the molecule is Cc1ccc(C)c(/C(O)=C2\C(=O)C(=O)N(c3ccc(C#N)cc3)C2c2ccc(O)cc2)c1. The van der Waals surface area contributed by atoms with Gasteiger partial charge in [-0.1, -0.05) is 29.8 Å². The molecule has 0 aromatic heterocycles. The highest BCUT2D eigenvalue weighted by Crippen LogP contribution is 2.42. The highest BCUT2D eigenvalue weighted by molar-refractivity contribution is 6.51. The maximum Gasteiger partial charge on any atom is 0.300 e. The van der Waals surface area contributed by atoms with E-state index in [1.165, 1.54) is 17.0 Å². The molecule has 6 nitrogen and oxygen atoms in total. The Balaban J connectivity index is 1.96. The molecule has 6 heteroatoms. The summed E-state index contributed by atoms with van der Waals surface area (Å²) in [6.07, 6.45) is 0. The number of aromatic hydroxyl groups is 1. The maximum atomic E-state index is 13.2. The molecule has 2 N–H and O–H groups in total. The zero-order valence-electron chi connectivity index (χ0n) is 17.5. The lowest BCUT2D eigenvalue weighted by Gasteiger charge is -2.25. The topological polar surface area (TPSA) is 102 Å². The van der Waals surface area contributed by atoms with Gasteiger partial charge in [0.1, 0.15) is 11.5 Å². The number of amides is 1. The number of ketones is 1. The summed E-state index contributed by atoms with van der Waals surface area (Å²) in [5, 5.41) is 30.0. The number of anilines is 1. The van der Waals surface area contributed by atoms with Crippen molar-refractivity contribution < 1.29 is 19.8 Å². The van der Waals surface area contributed by atoms with E-state index in [-0.39, 0.29) is 17.1 Å². The first-order valence-electron chi connectivity index (χ1n) is 9.99. The van der Waals surface area contributed by atoms with Crippen LogP contribution in [0.2, 0.25) is 0 Å². The van der Waals surface area contributed by atoms with Crippen LogP contribution in [0, 0.1) is 25.2 Å². The van der Waals surface area contributed by atoms with Gasteiger partial charge in [0.15, 0.2) is 0 Å². The van der Waals surface area contributed by atoms with E-state index in [2.05, 4.69) is 0 Å². The number of aliphatic hydroxyl groups is 1. The second kappa shape index (κ2) is 8.05. The molecular formula is C26H20N2O4. The molecule has 32 heavy (non-hydrogen) atoms.